The van der Waals surface area contributed by atoms with Gasteiger partial charge >= 0.3 is 6.18 Å². The van der Waals surface area contributed by atoms with E-state index < -0.39 is 11.7 Å². The zero-order chi connectivity index (χ0) is 17.2. The Hall–Kier alpha value is -1.60. The predicted molar refractivity (Wildman–Crippen MR) is 83.0 cm³/mol. The van der Waals surface area contributed by atoms with Gasteiger partial charge in [0.05, 0.1) is 22.6 Å². The minimum atomic E-state index is -4.37. The SMILES string of the molecule is CC(CCCO)NC(C)c1nc2cc(C(F)(F)F)ccc2n1C. The molecule has 2 aromatic rings. The molecule has 23 heavy (non-hydrogen) atoms. The molecule has 1 aromatic carbocycles. The van der Waals surface area contributed by atoms with Gasteiger partial charge in [-0.2, -0.15) is 13.2 Å². The number of rotatable bonds is 6. The molecule has 2 unspecified atom stereocenters. The van der Waals surface area contributed by atoms with E-state index in [1.54, 1.807) is 7.05 Å². The largest absolute Gasteiger partial charge is 0.416 e. The van der Waals surface area contributed by atoms with Gasteiger partial charge in [0.15, 0.2) is 0 Å². The van der Waals surface area contributed by atoms with Crippen molar-refractivity contribution in [2.75, 3.05) is 6.61 Å². The maximum atomic E-state index is 12.8. The van der Waals surface area contributed by atoms with Gasteiger partial charge in [0.2, 0.25) is 0 Å². The molecule has 7 heteroatoms. The molecule has 1 aromatic heterocycles. The maximum Gasteiger partial charge on any atom is 0.416 e. The van der Waals surface area contributed by atoms with E-state index >= 15 is 0 Å². The van der Waals surface area contributed by atoms with Crippen molar-refractivity contribution in [3.63, 3.8) is 0 Å². The summed E-state index contributed by atoms with van der Waals surface area (Å²) < 4.78 is 40.2. The number of halogens is 3. The van der Waals surface area contributed by atoms with Crippen LogP contribution in [0.1, 0.15) is 44.1 Å². The number of nitrogens with zero attached hydrogens (tertiary/aromatic N) is 2. The Balaban J connectivity index is 2.25. The lowest BCUT2D eigenvalue weighted by Gasteiger charge is -2.19. The normalized spacial score (nSPS) is 15.1. The second-order valence-corrected chi connectivity index (χ2v) is 5.89. The molecule has 0 saturated heterocycles. The summed E-state index contributed by atoms with van der Waals surface area (Å²) in [5.74, 6) is 0.690. The average molecular weight is 329 g/mol. The van der Waals surface area contributed by atoms with Crippen molar-refractivity contribution in [1.82, 2.24) is 14.9 Å². The standard InChI is InChI=1S/C16H22F3N3O/c1-10(5-4-8-23)20-11(2)15-21-13-9-12(16(17,18)19)6-7-14(13)22(15)3/h6-7,9-11,20,23H,4-5,8H2,1-3H3. The van der Waals surface area contributed by atoms with Gasteiger partial charge in [0.25, 0.3) is 0 Å². The molecule has 1 heterocycles. The lowest BCUT2D eigenvalue weighted by molar-refractivity contribution is -0.137. The molecular formula is C16H22F3N3O. The molecule has 2 rings (SSSR count). The number of imidazole rings is 1. The minimum Gasteiger partial charge on any atom is -0.396 e. The first-order chi connectivity index (χ1) is 10.7. The number of aliphatic hydroxyl groups is 1. The molecule has 0 aliphatic heterocycles. The van der Waals surface area contributed by atoms with Crippen LogP contribution >= 0.6 is 0 Å². The summed E-state index contributed by atoms with van der Waals surface area (Å²) in [4.78, 5) is 4.37. The Labute approximate surface area is 133 Å². The van der Waals surface area contributed by atoms with Crippen LogP contribution in [0.5, 0.6) is 0 Å². The third-order valence-corrected chi connectivity index (χ3v) is 3.96. The molecule has 0 radical (unpaired) electrons. The Morgan fingerprint density at radius 1 is 1.30 bits per heavy atom. The fraction of sp³-hybridized carbons (Fsp3) is 0.562. The van der Waals surface area contributed by atoms with Crippen LogP contribution in [-0.4, -0.2) is 27.3 Å². The Kier molecular flexibility index (Phi) is 5.31. The van der Waals surface area contributed by atoms with Gasteiger partial charge < -0.3 is 15.0 Å². The van der Waals surface area contributed by atoms with Crippen LogP contribution in [0.25, 0.3) is 11.0 Å². The first kappa shape index (κ1) is 17.7. The van der Waals surface area contributed by atoms with Crippen LogP contribution in [-0.2, 0) is 13.2 Å². The smallest absolute Gasteiger partial charge is 0.396 e. The van der Waals surface area contributed by atoms with Crippen molar-refractivity contribution in [3.8, 4) is 0 Å². The van der Waals surface area contributed by atoms with Crippen molar-refractivity contribution in [2.45, 2.75) is 44.9 Å². The van der Waals surface area contributed by atoms with E-state index in [4.69, 9.17) is 5.11 Å². The molecule has 0 fully saturated rings. The molecule has 2 N–H and O–H groups in total. The lowest BCUT2D eigenvalue weighted by atomic mass is 10.1. The van der Waals surface area contributed by atoms with E-state index in [9.17, 15) is 13.2 Å². The number of aromatic nitrogens is 2. The molecule has 0 aliphatic carbocycles. The molecule has 4 nitrogen and oxygen atoms in total. The first-order valence-electron chi connectivity index (χ1n) is 7.64. The molecule has 0 spiro atoms. The zero-order valence-corrected chi connectivity index (χ0v) is 13.5. The maximum absolute atomic E-state index is 12.8. The second kappa shape index (κ2) is 6.88. The van der Waals surface area contributed by atoms with Crippen molar-refractivity contribution in [3.05, 3.63) is 29.6 Å². The average Bonchev–Trinajstić information content (AvgIpc) is 2.81. The van der Waals surface area contributed by atoms with E-state index in [1.807, 2.05) is 18.4 Å². The summed E-state index contributed by atoms with van der Waals surface area (Å²) >= 11 is 0. The minimum absolute atomic E-state index is 0.101. The number of nitrogens with one attached hydrogen (secondary N) is 1. The number of hydrogen-bond donors (Lipinski definition) is 2. The Morgan fingerprint density at radius 3 is 2.61 bits per heavy atom. The van der Waals surface area contributed by atoms with E-state index in [2.05, 4.69) is 10.3 Å². The van der Waals surface area contributed by atoms with Crippen LogP contribution in [0.2, 0.25) is 0 Å². The fourth-order valence-electron chi connectivity index (χ4n) is 2.76. The van der Waals surface area contributed by atoms with E-state index in [-0.39, 0.29) is 18.7 Å². The molecule has 0 aliphatic rings. The van der Waals surface area contributed by atoms with Crippen LogP contribution in [0, 0.1) is 0 Å². The third kappa shape index (κ3) is 4.03. The monoisotopic (exact) mass is 329 g/mol. The highest BCUT2D eigenvalue weighted by atomic mass is 19.4. The number of fused-ring (bicyclic) bond motifs is 1. The summed E-state index contributed by atoms with van der Waals surface area (Å²) in [5, 5.41) is 12.2. The van der Waals surface area contributed by atoms with Gasteiger partial charge in [0.1, 0.15) is 5.82 Å². The van der Waals surface area contributed by atoms with Gasteiger partial charge in [-0.05, 0) is 44.9 Å². The van der Waals surface area contributed by atoms with Gasteiger partial charge in [-0.3, -0.25) is 0 Å². The van der Waals surface area contributed by atoms with Crippen molar-refractivity contribution < 1.29 is 18.3 Å². The Bertz CT molecular complexity index is 666. The van der Waals surface area contributed by atoms with Gasteiger partial charge in [0, 0.05) is 19.7 Å². The van der Waals surface area contributed by atoms with Crippen molar-refractivity contribution in [2.24, 2.45) is 7.05 Å². The topological polar surface area (TPSA) is 50.1 Å². The number of aryl methyl sites for hydroxylation is 1. The van der Waals surface area contributed by atoms with Crippen molar-refractivity contribution in [1.29, 1.82) is 0 Å². The highest BCUT2D eigenvalue weighted by molar-refractivity contribution is 5.77. The van der Waals surface area contributed by atoms with Crippen LogP contribution < -0.4 is 5.32 Å². The quantitative estimate of drug-likeness (QED) is 0.854. The van der Waals surface area contributed by atoms with Gasteiger partial charge in [-0.15, -0.1) is 0 Å². The highest BCUT2D eigenvalue weighted by Gasteiger charge is 2.31. The molecule has 0 amide bonds. The Morgan fingerprint density at radius 2 is 2.00 bits per heavy atom. The van der Waals surface area contributed by atoms with Gasteiger partial charge in [-0.25, -0.2) is 4.98 Å². The number of alkyl halides is 3. The molecular weight excluding hydrogens is 307 g/mol. The van der Waals surface area contributed by atoms with Crippen LogP contribution in [0.4, 0.5) is 13.2 Å². The number of hydrogen-bond acceptors (Lipinski definition) is 3. The molecule has 0 saturated carbocycles. The summed E-state index contributed by atoms with van der Waals surface area (Å²) in [6, 6.07) is 3.70. The van der Waals surface area contributed by atoms with E-state index in [1.165, 1.54) is 6.07 Å². The zero-order valence-electron chi connectivity index (χ0n) is 13.5. The second-order valence-electron chi connectivity index (χ2n) is 5.89. The summed E-state index contributed by atoms with van der Waals surface area (Å²) in [6.07, 6.45) is -2.84. The van der Waals surface area contributed by atoms with E-state index in [0.717, 1.165) is 18.6 Å². The molecule has 128 valence electrons. The summed E-state index contributed by atoms with van der Waals surface area (Å²) in [7, 11) is 1.80. The van der Waals surface area contributed by atoms with E-state index in [0.29, 0.717) is 23.3 Å². The fourth-order valence-corrected chi connectivity index (χ4v) is 2.76. The molecule has 2 atom stereocenters. The first-order valence-corrected chi connectivity index (χ1v) is 7.64. The number of benzene rings is 1. The lowest BCUT2D eigenvalue weighted by Crippen LogP contribution is -2.30. The van der Waals surface area contributed by atoms with Crippen LogP contribution in [0.15, 0.2) is 18.2 Å². The summed E-state index contributed by atoms with van der Waals surface area (Å²) in [6.45, 7) is 4.09. The molecule has 0 bridgehead atoms. The van der Waals surface area contributed by atoms with Gasteiger partial charge in [-0.1, -0.05) is 0 Å². The summed E-state index contributed by atoms with van der Waals surface area (Å²) in [5.41, 5.74) is 0.324. The third-order valence-electron chi connectivity index (χ3n) is 3.96. The van der Waals surface area contributed by atoms with Crippen molar-refractivity contribution >= 4 is 11.0 Å². The van der Waals surface area contributed by atoms with Crippen LogP contribution in [0.3, 0.4) is 0 Å². The highest BCUT2D eigenvalue weighted by Crippen LogP contribution is 2.31. The predicted octanol–water partition coefficient (Wildman–Crippen LogP) is 3.40. The number of aliphatic hydroxyl groups excluding tert-OH is 1.